The number of benzene rings is 2. The van der Waals surface area contributed by atoms with Crippen LogP contribution in [0.1, 0.15) is 21.5 Å². The Bertz CT molecular complexity index is 698. The number of ether oxygens (including phenoxy) is 2. The van der Waals surface area contributed by atoms with Crippen molar-refractivity contribution in [2.45, 2.75) is 6.92 Å². The molecule has 0 aliphatic rings. The number of ketones is 1. The molecule has 2 N–H and O–H groups in total. The van der Waals surface area contributed by atoms with Gasteiger partial charge in [0.1, 0.15) is 0 Å². The lowest BCUT2D eigenvalue weighted by atomic mass is 9.98. The van der Waals surface area contributed by atoms with E-state index in [1.165, 1.54) is 7.11 Å². The minimum Gasteiger partial charge on any atom is -0.493 e. The third-order valence-electron chi connectivity index (χ3n) is 3.21. The Labute approximate surface area is 128 Å². The first-order valence-corrected chi connectivity index (χ1v) is 6.68. The van der Waals surface area contributed by atoms with Gasteiger partial charge in [-0.1, -0.05) is 11.6 Å². The minimum absolute atomic E-state index is 0.203. The van der Waals surface area contributed by atoms with E-state index in [1.807, 2.05) is 6.92 Å². The summed E-state index contributed by atoms with van der Waals surface area (Å²) >= 11 is 6.09. The van der Waals surface area contributed by atoms with Crippen molar-refractivity contribution in [2.75, 3.05) is 20.0 Å². The molecule has 21 heavy (non-hydrogen) atoms. The number of carbonyl (C=O) groups excluding carboxylic acids is 1. The lowest BCUT2D eigenvalue weighted by Gasteiger charge is -2.13. The summed E-state index contributed by atoms with van der Waals surface area (Å²) in [6.45, 7) is 1.83. The van der Waals surface area contributed by atoms with Gasteiger partial charge < -0.3 is 15.2 Å². The summed E-state index contributed by atoms with van der Waals surface area (Å²) in [5.74, 6) is 0.863. The number of hydrogen-bond acceptors (Lipinski definition) is 4. The first-order chi connectivity index (χ1) is 9.97. The van der Waals surface area contributed by atoms with E-state index in [0.29, 0.717) is 33.3 Å². The molecule has 0 unspecified atom stereocenters. The largest absolute Gasteiger partial charge is 0.493 e. The topological polar surface area (TPSA) is 61.5 Å². The number of aryl methyl sites for hydroxylation is 1. The van der Waals surface area contributed by atoms with Crippen LogP contribution in [0.5, 0.6) is 11.5 Å². The Balaban J connectivity index is 2.55. The second kappa shape index (κ2) is 6.06. The maximum absolute atomic E-state index is 12.7. The highest BCUT2D eigenvalue weighted by atomic mass is 35.5. The summed E-state index contributed by atoms with van der Waals surface area (Å²) in [7, 11) is 3.07. The highest BCUT2D eigenvalue weighted by Crippen LogP contribution is 2.32. The van der Waals surface area contributed by atoms with Gasteiger partial charge in [0.15, 0.2) is 17.3 Å². The third kappa shape index (κ3) is 2.95. The zero-order chi connectivity index (χ0) is 15.6. The predicted molar refractivity (Wildman–Crippen MR) is 83.6 cm³/mol. The van der Waals surface area contributed by atoms with Crippen LogP contribution in [0.4, 0.5) is 5.69 Å². The summed E-state index contributed by atoms with van der Waals surface area (Å²) in [6.07, 6.45) is 0. The number of nitrogen functional groups attached to an aromatic ring is 1. The zero-order valence-electron chi connectivity index (χ0n) is 12.1. The van der Waals surface area contributed by atoms with Crippen molar-refractivity contribution in [3.63, 3.8) is 0 Å². The monoisotopic (exact) mass is 305 g/mol. The van der Waals surface area contributed by atoms with Crippen molar-refractivity contribution in [3.8, 4) is 11.5 Å². The Morgan fingerprint density at radius 2 is 1.67 bits per heavy atom. The van der Waals surface area contributed by atoms with E-state index in [-0.39, 0.29) is 5.78 Å². The highest BCUT2D eigenvalue weighted by Gasteiger charge is 2.18. The van der Waals surface area contributed by atoms with Crippen molar-refractivity contribution in [1.29, 1.82) is 0 Å². The molecule has 0 saturated heterocycles. The van der Waals surface area contributed by atoms with Crippen LogP contribution in [0.15, 0.2) is 30.3 Å². The Hall–Kier alpha value is -2.20. The van der Waals surface area contributed by atoms with E-state index in [2.05, 4.69) is 0 Å². The van der Waals surface area contributed by atoms with Crippen LogP contribution >= 0.6 is 11.6 Å². The van der Waals surface area contributed by atoms with Crippen molar-refractivity contribution < 1.29 is 14.3 Å². The molecule has 2 rings (SSSR count). The predicted octanol–water partition coefficient (Wildman–Crippen LogP) is 3.48. The molecular formula is C16H16ClNO3. The van der Waals surface area contributed by atoms with Crippen LogP contribution in [0, 0.1) is 6.92 Å². The van der Waals surface area contributed by atoms with Gasteiger partial charge in [-0.15, -0.1) is 0 Å². The fraction of sp³-hybridized carbons (Fsp3) is 0.188. The third-order valence-corrected chi connectivity index (χ3v) is 3.54. The summed E-state index contributed by atoms with van der Waals surface area (Å²) in [5.41, 5.74) is 7.86. The van der Waals surface area contributed by atoms with Gasteiger partial charge in [-0.25, -0.2) is 0 Å². The van der Waals surface area contributed by atoms with E-state index in [0.717, 1.165) is 5.56 Å². The molecule has 0 fully saturated rings. The molecule has 0 aliphatic heterocycles. The van der Waals surface area contributed by atoms with Crippen molar-refractivity contribution in [1.82, 2.24) is 0 Å². The average molecular weight is 306 g/mol. The quantitative estimate of drug-likeness (QED) is 0.694. The molecule has 2 aromatic rings. The summed E-state index contributed by atoms with van der Waals surface area (Å²) in [4.78, 5) is 12.7. The smallest absolute Gasteiger partial charge is 0.195 e. The molecule has 4 nitrogen and oxygen atoms in total. The lowest BCUT2D eigenvalue weighted by Crippen LogP contribution is -2.06. The summed E-state index contributed by atoms with van der Waals surface area (Å²) in [5, 5.41) is 0.364. The van der Waals surface area contributed by atoms with Crippen molar-refractivity contribution in [2.24, 2.45) is 0 Å². The molecule has 0 amide bonds. The van der Waals surface area contributed by atoms with E-state index in [9.17, 15) is 4.79 Å². The van der Waals surface area contributed by atoms with Crippen LogP contribution in [-0.2, 0) is 0 Å². The van der Waals surface area contributed by atoms with E-state index >= 15 is 0 Å². The Morgan fingerprint density at radius 1 is 1.05 bits per heavy atom. The molecule has 0 aromatic heterocycles. The van der Waals surface area contributed by atoms with Crippen LogP contribution in [0.3, 0.4) is 0 Å². The van der Waals surface area contributed by atoms with Gasteiger partial charge in [-0.2, -0.15) is 0 Å². The van der Waals surface area contributed by atoms with Crippen molar-refractivity contribution >= 4 is 23.1 Å². The van der Waals surface area contributed by atoms with Crippen LogP contribution in [-0.4, -0.2) is 20.0 Å². The van der Waals surface area contributed by atoms with E-state index in [4.69, 9.17) is 26.8 Å². The van der Waals surface area contributed by atoms with E-state index in [1.54, 1.807) is 37.4 Å². The van der Waals surface area contributed by atoms with Gasteiger partial charge in [0.05, 0.1) is 19.2 Å². The van der Waals surface area contributed by atoms with Gasteiger partial charge in [0, 0.05) is 16.8 Å². The molecule has 0 aliphatic carbocycles. The molecule has 0 bridgehead atoms. The molecule has 5 heteroatoms. The SMILES string of the molecule is COc1cc(C)c(C(=O)c2cc(N)ccc2Cl)cc1OC. The normalized spacial score (nSPS) is 10.3. The Kier molecular flexibility index (Phi) is 4.38. The average Bonchev–Trinajstić information content (AvgIpc) is 2.48. The first-order valence-electron chi connectivity index (χ1n) is 6.30. The van der Waals surface area contributed by atoms with Gasteiger partial charge in [-0.05, 0) is 42.8 Å². The maximum Gasteiger partial charge on any atom is 0.195 e. The number of anilines is 1. The first kappa shape index (κ1) is 15.2. The van der Waals surface area contributed by atoms with Gasteiger partial charge >= 0.3 is 0 Å². The summed E-state index contributed by atoms with van der Waals surface area (Å²) in [6, 6.07) is 8.24. The summed E-state index contributed by atoms with van der Waals surface area (Å²) < 4.78 is 10.5. The molecular weight excluding hydrogens is 290 g/mol. The van der Waals surface area contributed by atoms with Gasteiger partial charge in [0.2, 0.25) is 0 Å². The van der Waals surface area contributed by atoms with Crippen molar-refractivity contribution in [3.05, 3.63) is 52.0 Å². The van der Waals surface area contributed by atoms with Crippen LogP contribution < -0.4 is 15.2 Å². The minimum atomic E-state index is -0.203. The zero-order valence-corrected chi connectivity index (χ0v) is 12.8. The number of halogens is 1. The van der Waals surface area contributed by atoms with Gasteiger partial charge in [-0.3, -0.25) is 4.79 Å². The molecule has 2 aromatic carbocycles. The number of nitrogens with two attached hydrogens (primary N) is 1. The Morgan fingerprint density at radius 3 is 2.29 bits per heavy atom. The standard InChI is InChI=1S/C16H16ClNO3/c1-9-6-14(20-2)15(21-3)8-11(9)16(19)12-7-10(18)4-5-13(12)17/h4-8H,18H2,1-3H3. The van der Waals surface area contributed by atoms with Crippen LogP contribution in [0.2, 0.25) is 5.02 Å². The van der Waals surface area contributed by atoms with E-state index < -0.39 is 0 Å². The molecule has 0 atom stereocenters. The number of hydrogen-bond donors (Lipinski definition) is 1. The molecule has 0 heterocycles. The number of rotatable bonds is 4. The second-order valence-corrected chi connectivity index (χ2v) is 5.00. The molecule has 0 radical (unpaired) electrons. The number of carbonyl (C=O) groups is 1. The fourth-order valence-corrected chi connectivity index (χ4v) is 2.29. The fourth-order valence-electron chi connectivity index (χ4n) is 2.09. The molecule has 110 valence electrons. The molecule has 0 saturated carbocycles. The highest BCUT2D eigenvalue weighted by molar-refractivity contribution is 6.35. The second-order valence-electron chi connectivity index (χ2n) is 4.59. The van der Waals surface area contributed by atoms with Gasteiger partial charge in [0.25, 0.3) is 0 Å². The van der Waals surface area contributed by atoms with Crippen LogP contribution in [0.25, 0.3) is 0 Å². The maximum atomic E-state index is 12.7. The lowest BCUT2D eigenvalue weighted by molar-refractivity contribution is 0.103. The number of methoxy groups -OCH3 is 2. The molecule has 0 spiro atoms.